The molecule has 1 aliphatic carbocycles. The molecule has 2 unspecified atom stereocenters. The SMILES string of the molecule is Cc1cccc(NC(=O)c2ncc(C(=O)NC3=CC(C)C(C)C=C3)[nH]2)c1. The Morgan fingerprint density at radius 2 is 1.92 bits per heavy atom. The first-order valence-corrected chi connectivity index (χ1v) is 8.57. The number of carbonyl (C=O) groups is 2. The Hall–Kier alpha value is -3.15. The van der Waals surface area contributed by atoms with E-state index >= 15 is 0 Å². The second kappa shape index (κ2) is 7.39. The van der Waals surface area contributed by atoms with Gasteiger partial charge in [0, 0.05) is 11.4 Å². The lowest BCUT2D eigenvalue weighted by molar-refractivity contribution is 0.0962. The van der Waals surface area contributed by atoms with Crippen LogP contribution in [0, 0.1) is 18.8 Å². The highest BCUT2D eigenvalue weighted by molar-refractivity contribution is 6.03. The lowest BCUT2D eigenvalue weighted by Gasteiger charge is -2.19. The number of aryl methyl sites for hydroxylation is 1. The molecule has 0 bridgehead atoms. The highest BCUT2D eigenvalue weighted by Crippen LogP contribution is 2.20. The fourth-order valence-corrected chi connectivity index (χ4v) is 2.67. The fraction of sp³-hybridized carbons (Fsp3) is 0.250. The van der Waals surface area contributed by atoms with E-state index in [1.807, 2.05) is 37.3 Å². The molecule has 26 heavy (non-hydrogen) atoms. The number of rotatable bonds is 4. The van der Waals surface area contributed by atoms with E-state index in [0.717, 1.165) is 11.3 Å². The number of anilines is 1. The van der Waals surface area contributed by atoms with Crippen LogP contribution in [0.2, 0.25) is 0 Å². The number of carbonyl (C=O) groups excluding carboxylic acids is 2. The van der Waals surface area contributed by atoms with Crippen molar-refractivity contribution in [1.29, 1.82) is 0 Å². The average molecular weight is 350 g/mol. The summed E-state index contributed by atoms with van der Waals surface area (Å²) >= 11 is 0. The summed E-state index contributed by atoms with van der Waals surface area (Å²) in [7, 11) is 0. The second-order valence-electron chi connectivity index (χ2n) is 6.62. The van der Waals surface area contributed by atoms with Crippen LogP contribution in [-0.2, 0) is 0 Å². The Morgan fingerprint density at radius 1 is 1.12 bits per heavy atom. The molecule has 6 nitrogen and oxygen atoms in total. The zero-order valence-electron chi connectivity index (χ0n) is 15.0. The van der Waals surface area contributed by atoms with Gasteiger partial charge in [-0.2, -0.15) is 0 Å². The molecule has 2 aromatic rings. The van der Waals surface area contributed by atoms with Gasteiger partial charge in [-0.15, -0.1) is 0 Å². The van der Waals surface area contributed by atoms with E-state index in [0.29, 0.717) is 17.5 Å². The number of aromatic amines is 1. The van der Waals surface area contributed by atoms with E-state index < -0.39 is 5.91 Å². The smallest absolute Gasteiger partial charge is 0.291 e. The topological polar surface area (TPSA) is 86.9 Å². The van der Waals surface area contributed by atoms with Crippen LogP contribution in [-0.4, -0.2) is 21.8 Å². The summed E-state index contributed by atoms with van der Waals surface area (Å²) in [6.07, 6.45) is 7.34. The Balaban J connectivity index is 1.65. The molecule has 0 radical (unpaired) electrons. The molecule has 0 fully saturated rings. The molecule has 1 aromatic heterocycles. The molecule has 134 valence electrons. The zero-order valence-corrected chi connectivity index (χ0v) is 15.0. The van der Waals surface area contributed by atoms with Crippen LogP contribution < -0.4 is 10.6 Å². The first-order chi connectivity index (χ1) is 12.4. The van der Waals surface area contributed by atoms with Gasteiger partial charge >= 0.3 is 0 Å². The quantitative estimate of drug-likeness (QED) is 0.789. The molecule has 6 heteroatoms. The molecule has 1 aliphatic rings. The van der Waals surface area contributed by atoms with Gasteiger partial charge in [0.15, 0.2) is 5.82 Å². The zero-order chi connectivity index (χ0) is 18.7. The lowest BCUT2D eigenvalue weighted by Crippen LogP contribution is -2.25. The minimum absolute atomic E-state index is 0.0896. The van der Waals surface area contributed by atoms with Crippen LogP contribution in [0.15, 0.2) is 54.4 Å². The van der Waals surface area contributed by atoms with Crippen LogP contribution in [0.5, 0.6) is 0 Å². The van der Waals surface area contributed by atoms with Crippen molar-refractivity contribution in [2.45, 2.75) is 20.8 Å². The maximum atomic E-state index is 12.4. The number of hydrogen-bond donors (Lipinski definition) is 3. The monoisotopic (exact) mass is 350 g/mol. The van der Waals surface area contributed by atoms with E-state index in [9.17, 15) is 9.59 Å². The standard InChI is InChI=1S/C20H22N4O2/c1-12-5-4-6-15(9-12)23-20(26)18-21-11-17(24-18)19(25)22-16-8-7-13(2)14(3)10-16/h4-11,13-14H,1-3H3,(H,21,24)(H,22,25)(H,23,26). The minimum Gasteiger partial charge on any atom is -0.330 e. The summed E-state index contributed by atoms with van der Waals surface area (Å²) in [6, 6.07) is 7.46. The Kier molecular flexibility index (Phi) is 5.02. The van der Waals surface area contributed by atoms with Crippen molar-refractivity contribution < 1.29 is 9.59 Å². The maximum Gasteiger partial charge on any atom is 0.291 e. The van der Waals surface area contributed by atoms with Crippen LogP contribution in [0.25, 0.3) is 0 Å². The van der Waals surface area contributed by atoms with E-state index in [1.165, 1.54) is 6.20 Å². The average Bonchev–Trinajstić information content (AvgIpc) is 3.08. The number of nitrogens with one attached hydrogen (secondary N) is 3. The predicted octanol–water partition coefficient (Wildman–Crippen LogP) is 3.43. The van der Waals surface area contributed by atoms with Crippen LogP contribution in [0.1, 0.15) is 40.5 Å². The minimum atomic E-state index is -0.395. The molecule has 0 saturated heterocycles. The lowest BCUT2D eigenvalue weighted by atomic mass is 9.91. The molecular formula is C20H22N4O2. The number of allylic oxidation sites excluding steroid dienone is 3. The van der Waals surface area contributed by atoms with Crippen molar-refractivity contribution in [3.63, 3.8) is 0 Å². The van der Waals surface area contributed by atoms with Crippen LogP contribution in [0.4, 0.5) is 5.69 Å². The Morgan fingerprint density at radius 3 is 2.65 bits per heavy atom. The van der Waals surface area contributed by atoms with Crippen LogP contribution in [0.3, 0.4) is 0 Å². The third kappa shape index (κ3) is 4.08. The van der Waals surface area contributed by atoms with Gasteiger partial charge in [-0.1, -0.05) is 38.1 Å². The Bertz CT molecular complexity index is 895. The van der Waals surface area contributed by atoms with E-state index in [2.05, 4.69) is 40.5 Å². The summed E-state index contributed by atoms with van der Waals surface area (Å²) in [4.78, 5) is 31.4. The van der Waals surface area contributed by atoms with Gasteiger partial charge in [0.05, 0.1) is 6.20 Å². The summed E-state index contributed by atoms with van der Waals surface area (Å²) in [5, 5.41) is 5.58. The predicted molar refractivity (Wildman–Crippen MR) is 101 cm³/mol. The highest BCUT2D eigenvalue weighted by atomic mass is 16.2. The van der Waals surface area contributed by atoms with Gasteiger partial charge in [0.1, 0.15) is 5.69 Å². The first kappa shape index (κ1) is 17.7. The number of amides is 2. The van der Waals surface area contributed by atoms with Gasteiger partial charge in [-0.3, -0.25) is 9.59 Å². The van der Waals surface area contributed by atoms with Gasteiger partial charge in [-0.25, -0.2) is 4.98 Å². The van der Waals surface area contributed by atoms with Crippen molar-refractivity contribution in [1.82, 2.24) is 15.3 Å². The first-order valence-electron chi connectivity index (χ1n) is 8.57. The number of aromatic nitrogens is 2. The third-order valence-corrected chi connectivity index (χ3v) is 4.42. The molecule has 1 heterocycles. The van der Waals surface area contributed by atoms with Crippen molar-refractivity contribution >= 4 is 17.5 Å². The molecule has 0 aliphatic heterocycles. The molecule has 3 rings (SSSR count). The van der Waals surface area contributed by atoms with Crippen LogP contribution >= 0.6 is 0 Å². The number of hydrogen-bond acceptors (Lipinski definition) is 3. The molecule has 2 amide bonds. The molecule has 0 saturated carbocycles. The summed E-state index contributed by atoms with van der Waals surface area (Å²) in [5.41, 5.74) is 2.71. The third-order valence-electron chi connectivity index (χ3n) is 4.42. The number of nitrogens with zero attached hydrogens (tertiary/aromatic N) is 1. The molecular weight excluding hydrogens is 328 g/mol. The normalized spacial score (nSPS) is 19.0. The maximum absolute atomic E-state index is 12.4. The van der Waals surface area contributed by atoms with Gasteiger partial charge < -0.3 is 15.6 Å². The van der Waals surface area contributed by atoms with Gasteiger partial charge in [0.2, 0.25) is 0 Å². The summed E-state index contributed by atoms with van der Waals surface area (Å²) < 4.78 is 0. The van der Waals surface area contributed by atoms with E-state index in [-0.39, 0.29) is 17.4 Å². The molecule has 1 aromatic carbocycles. The fourth-order valence-electron chi connectivity index (χ4n) is 2.67. The van der Waals surface area contributed by atoms with E-state index in [1.54, 1.807) is 6.07 Å². The van der Waals surface area contributed by atoms with Crippen molar-refractivity contribution in [2.24, 2.45) is 11.8 Å². The summed E-state index contributed by atoms with van der Waals surface area (Å²) in [6.45, 7) is 6.18. The molecule has 0 spiro atoms. The number of benzene rings is 1. The molecule has 2 atom stereocenters. The summed E-state index contributed by atoms with van der Waals surface area (Å²) in [5.74, 6) is 0.165. The highest BCUT2D eigenvalue weighted by Gasteiger charge is 2.17. The molecule has 3 N–H and O–H groups in total. The van der Waals surface area contributed by atoms with Gasteiger partial charge in [-0.05, 0) is 42.5 Å². The van der Waals surface area contributed by atoms with Gasteiger partial charge in [0.25, 0.3) is 11.8 Å². The van der Waals surface area contributed by atoms with Crippen molar-refractivity contribution in [3.05, 3.63) is 71.5 Å². The number of imidazole rings is 1. The largest absolute Gasteiger partial charge is 0.330 e. The second-order valence-corrected chi connectivity index (χ2v) is 6.62. The number of H-pyrrole nitrogens is 1. The van der Waals surface area contributed by atoms with Crippen molar-refractivity contribution in [2.75, 3.05) is 5.32 Å². The Labute approximate surface area is 152 Å². The van der Waals surface area contributed by atoms with E-state index in [4.69, 9.17) is 0 Å². The van der Waals surface area contributed by atoms with Crippen molar-refractivity contribution in [3.8, 4) is 0 Å².